The van der Waals surface area contributed by atoms with Crippen LogP contribution in [0.25, 0.3) is 11.0 Å². The van der Waals surface area contributed by atoms with Gasteiger partial charge in [0.2, 0.25) is 17.8 Å². The number of rotatable bonds is 2. The number of amides is 2. The summed E-state index contributed by atoms with van der Waals surface area (Å²) in [6.07, 6.45) is -0.0197. The average Bonchev–Trinajstić information content (AvgIpc) is 2.95. The fourth-order valence-corrected chi connectivity index (χ4v) is 3.08. The molecule has 2 N–H and O–H groups in total. The first-order chi connectivity index (χ1) is 12.0. The van der Waals surface area contributed by atoms with Gasteiger partial charge in [0.1, 0.15) is 11.9 Å². The van der Waals surface area contributed by atoms with Gasteiger partial charge >= 0.3 is 0 Å². The highest BCUT2D eigenvalue weighted by Crippen LogP contribution is 2.31. The van der Waals surface area contributed by atoms with Crippen LogP contribution in [0, 0.1) is 5.82 Å². The number of imidazole rings is 1. The number of hydrogen-bond donors (Lipinski definition) is 2. The number of aromatic nitrogens is 2. The molecule has 0 bridgehead atoms. The zero-order valence-electron chi connectivity index (χ0n) is 12.8. The molecule has 3 aromatic rings. The molecule has 25 heavy (non-hydrogen) atoms. The Morgan fingerprint density at radius 1 is 1.32 bits per heavy atom. The van der Waals surface area contributed by atoms with Crippen molar-refractivity contribution in [2.45, 2.75) is 12.5 Å². The maximum Gasteiger partial charge on any atom is 0.248 e. The van der Waals surface area contributed by atoms with Crippen molar-refractivity contribution in [3.63, 3.8) is 0 Å². The molecule has 126 valence electrons. The third kappa shape index (κ3) is 2.72. The quantitative estimate of drug-likeness (QED) is 0.737. The highest BCUT2D eigenvalue weighted by atomic mass is 35.5. The van der Waals surface area contributed by atoms with Crippen LogP contribution < -0.4 is 10.6 Å². The Morgan fingerprint density at radius 3 is 2.92 bits per heavy atom. The monoisotopic (exact) mass is 358 g/mol. The molecule has 2 amide bonds. The molecule has 0 fully saturated rings. The molecular formula is C17H12ClFN4O2. The van der Waals surface area contributed by atoms with E-state index >= 15 is 0 Å². The number of halogens is 2. The number of fused-ring (bicyclic) bond motifs is 3. The third-order valence-corrected chi connectivity index (χ3v) is 4.32. The van der Waals surface area contributed by atoms with Gasteiger partial charge in [-0.15, -0.1) is 0 Å². The minimum Gasteiger partial charge on any atom is -0.324 e. The first-order valence-electron chi connectivity index (χ1n) is 7.55. The Labute approximate surface area is 146 Å². The molecule has 1 atom stereocenters. The molecule has 1 aromatic heterocycles. The molecular weight excluding hydrogens is 347 g/mol. The molecule has 2 heterocycles. The van der Waals surface area contributed by atoms with Gasteiger partial charge in [0.05, 0.1) is 22.5 Å². The highest BCUT2D eigenvalue weighted by molar-refractivity contribution is 6.31. The lowest BCUT2D eigenvalue weighted by molar-refractivity contribution is -0.124. The van der Waals surface area contributed by atoms with Crippen LogP contribution in [0.4, 0.5) is 16.0 Å². The highest BCUT2D eigenvalue weighted by Gasteiger charge is 2.32. The van der Waals surface area contributed by atoms with Crippen LogP contribution in [-0.4, -0.2) is 21.4 Å². The molecule has 1 aliphatic heterocycles. The maximum atomic E-state index is 13.3. The summed E-state index contributed by atoms with van der Waals surface area (Å²) in [7, 11) is 0. The van der Waals surface area contributed by atoms with Crippen molar-refractivity contribution in [3.8, 4) is 0 Å². The van der Waals surface area contributed by atoms with Gasteiger partial charge < -0.3 is 5.32 Å². The zero-order valence-corrected chi connectivity index (χ0v) is 13.5. The van der Waals surface area contributed by atoms with Crippen molar-refractivity contribution in [2.24, 2.45) is 0 Å². The van der Waals surface area contributed by atoms with E-state index in [-0.39, 0.29) is 17.4 Å². The molecule has 4 rings (SSSR count). The van der Waals surface area contributed by atoms with E-state index in [1.54, 1.807) is 4.57 Å². The predicted octanol–water partition coefficient (Wildman–Crippen LogP) is 3.35. The Balaban J connectivity index is 1.71. The molecule has 2 aromatic carbocycles. The molecule has 8 heteroatoms. The Kier molecular flexibility index (Phi) is 3.65. The second-order valence-electron chi connectivity index (χ2n) is 5.68. The van der Waals surface area contributed by atoms with Crippen LogP contribution in [0.5, 0.6) is 0 Å². The van der Waals surface area contributed by atoms with E-state index in [9.17, 15) is 14.0 Å². The fourth-order valence-electron chi connectivity index (χ4n) is 2.90. The zero-order chi connectivity index (χ0) is 17.6. The smallest absolute Gasteiger partial charge is 0.248 e. The summed E-state index contributed by atoms with van der Waals surface area (Å²) in [5, 5.41) is 5.26. The van der Waals surface area contributed by atoms with Gasteiger partial charge in [-0.05, 0) is 30.3 Å². The van der Waals surface area contributed by atoms with Gasteiger partial charge in [0.25, 0.3) is 0 Å². The van der Waals surface area contributed by atoms with Crippen molar-refractivity contribution in [1.82, 2.24) is 9.55 Å². The third-order valence-electron chi connectivity index (χ3n) is 4.03. The topological polar surface area (TPSA) is 76.0 Å². The van der Waals surface area contributed by atoms with Crippen LogP contribution in [0.15, 0.2) is 42.5 Å². The summed E-state index contributed by atoms with van der Waals surface area (Å²) in [6, 6.07) is 10.4. The Hall–Kier alpha value is -2.93. The predicted molar refractivity (Wildman–Crippen MR) is 92.1 cm³/mol. The number of nitrogens with one attached hydrogen (secondary N) is 2. The lowest BCUT2D eigenvalue weighted by Crippen LogP contribution is -2.35. The number of anilines is 2. The lowest BCUT2D eigenvalue weighted by atomic mass is 10.1. The van der Waals surface area contributed by atoms with Gasteiger partial charge in [0.15, 0.2) is 0 Å². The minimum atomic E-state index is -0.764. The molecule has 0 aliphatic carbocycles. The van der Waals surface area contributed by atoms with E-state index in [1.165, 1.54) is 18.2 Å². The van der Waals surface area contributed by atoms with Crippen molar-refractivity contribution in [2.75, 3.05) is 10.6 Å². The summed E-state index contributed by atoms with van der Waals surface area (Å²) in [6.45, 7) is 0. The van der Waals surface area contributed by atoms with Crippen LogP contribution in [-0.2, 0) is 9.59 Å². The second-order valence-corrected chi connectivity index (χ2v) is 6.09. The number of hydrogen-bond acceptors (Lipinski definition) is 3. The van der Waals surface area contributed by atoms with Gasteiger partial charge in [0, 0.05) is 5.69 Å². The Morgan fingerprint density at radius 2 is 2.12 bits per heavy atom. The number of carbonyl (C=O) groups is 2. The standard InChI is InChI=1S/C17H12ClFN4O2/c18-10-7-9(5-6-11(10)19)20-16(25)14-8-15(24)22-17-21-12-3-1-2-4-13(12)23(14)17/h1-7,14H,8H2,(H,20,25)(H,21,22,24)/t14-/m1/s1. The Bertz CT molecular complexity index is 1020. The SMILES string of the molecule is O=C1C[C@H](C(=O)Nc2ccc(F)c(Cl)c2)n2c(nc3ccccc32)N1. The van der Waals surface area contributed by atoms with E-state index in [4.69, 9.17) is 11.6 Å². The van der Waals surface area contributed by atoms with Gasteiger partial charge in [-0.3, -0.25) is 19.5 Å². The van der Waals surface area contributed by atoms with Gasteiger partial charge in [-0.25, -0.2) is 9.37 Å². The summed E-state index contributed by atoms with van der Waals surface area (Å²) < 4.78 is 15.0. The second kappa shape index (κ2) is 5.86. The van der Waals surface area contributed by atoms with Crippen molar-refractivity contribution in [1.29, 1.82) is 0 Å². The van der Waals surface area contributed by atoms with E-state index in [0.717, 1.165) is 5.52 Å². The van der Waals surface area contributed by atoms with E-state index in [2.05, 4.69) is 15.6 Å². The molecule has 0 saturated heterocycles. The van der Waals surface area contributed by atoms with Crippen molar-refractivity contribution >= 4 is 46.1 Å². The first kappa shape index (κ1) is 15.6. The normalized spacial score (nSPS) is 16.4. The molecule has 0 spiro atoms. The van der Waals surface area contributed by atoms with Crippen LogP contribution in [0.2, 0.25) is 5.02 Å². The van der Waals surface area contributed by atoms with E-state index in [0.29, 0.717) is 17.2 Å². The average molecular weight is 359 g/mol. The van der Waals surface area contributed by atoms with Crippen molar-refractivity contribution < 1.29 is 14.0 Å². The van der Waals surface area contributed by atoms with Crippen molar-refractivity contribution in [3.05, 3.63) is 53.3 Å². The lowest BCUT2D eigenvalue weighted by Gasteiger charge is -2.25. The summed E-state index contributed by atoms with van der Waals surface area (Å²) in [4.78, 5) is 29.0. The fraction of sp³-hybridized carbons (Fsp3) is 0.118. The van der Waals surface area contributed by atoms with Gasteiger partial charge in [-0.2, -0.15) is 0 Å². The minimum absolute atomic E-state index is 0.0197. The van der Waals surface area contributed by atoms with Gasteiger partial charge in [-0.1, -0.05) is 23.7 Å². The molecule has 0 unspecified atom stereocenters. The summed E-state index contributed by atoms with van der Waals surface area (Å²) in [5.74, 6) is -0.934. The number of carbonyl (C=O) groups excluding carboxylic acids is 2. The number of benzene rings is 2. The molecule has 1 aliphatic rings. The maximum absolute atomic E-state index is 13.3. The van der Waals surface area contributed by atoms with Crippen LogP contribution in [0.1, 0.15) is 12.5 Å². The number of nitrogens with zero attached hydrogens (tertiary/aromatic N) is 2. The largest absolute Gasteiger partial charge is 0.324 e. The van der Waals surface area contributed by atoms with E-state index < -0.39 is 17.8 Å². The molecule has 0 radical (unpaired) electrons. The molecule has 0 saturated carbocycles. The van der Waals surface area contributed by atoms with Crippen LogP contribution >= 0.6 is 11.6 Å². The van der Waals surface area contributed by atoms with Crippen LogP contribution in [0.3, 0.4) is 0 Å². The molecule has 6 nitrogen and oxygen atoms in total. The first-order valence-corrected chi connectivity index (χ1v) is 7.93. The van der Waals surface area contributed by atoms with E-state index in [1.807, 2.05) is 24.3 Å². The number of para-hydroxylation sites is 2. The summed E-state index contributed by atoms with van der Waals surface area (Å²) in [5.41, 5.74) is 1.78. The summed E-state index contributed by atoms with van der Waals surface area (Å²) >= 11 is 5.74.